The Morgan fingerprint density at radius 3 is 2.25 bits per heavy atom. The van der Waals surface area contributed by atoms with Crippen LogP contribution in [0, 0.1) is 0 Å². The summed E-state index contributed by atoms with van der Waals surface area (Å²) in [6.45, 7) is 1.17. The molecule has 0 saturated carbocycles. The lowest BCUT2D eigenvalue weighted by Gasteiger charge is -2.01. The highest BCUT2D eigenvalue weighted by atomic mass is 16.7. The van der Waals surface area contributed by atoms with Crippen molar-refractivity contribution in [2.45, 2.75) is 13.3 Å². The van der Waals surface area contributed by atoms with Crippen LogP contribution >= 0.6 is 0 Å². The average molecular weight is 175 g/mol. The summed E-state index contributed by atoms with van der Waals surface area (Å²) in [7, 11) is 1.15. The molecule has 68 valence electrons. The van der Waals surface area contributed by atoms with Crippen molar-refractivity contribution in [3.63, 3.8) is 0 Å². The van der Waals surface area contributed by atoms with Crippen molar-refractivity contribution in [2.24, 2.45) is 0 Å². The number of methoxy groups -OCH3 is 1. The molecular formula is C6H9NO5. The van der Waals surface area contributed by atoms with Gasteiger partial charge in [0.2, 0.25) is 5.91 Å². The summed E-state index contributed by atoms with van der Waals surface area (Å²) in [6, 6.07) is 0. The van der Waals surface area contributed by atoms with E-state index < -0.39 is 24.3 Å². The van der Waals surface area contributed by atoms with Gasteiger partial charge in [-0.05, 0) is 0 Å². The van der Waals surface area contributed by atoms with Gasteiger partial charge in [0.1, 0.15) is 6.42 Å². The Morgan fingerprint density at radius 2 is 1.83 bits per heavy atom. The predicted molar refractivity (Wildman–Crippen MR) is 36.5 cm³/mol. The summed E-state index contributed by atoms with van der Waals surface area (Å²) in [4.78, 5) is 35.3. The van der Waals surface area contributed by atoms with Gasteiger partial charge >= 0.3 is 11.9 Å². The summed E-state index contributed by atoms with van der Waals surface area (Å²) < 4.78 is 4.18. The quantitative estimate of drug-likeness (QED) is 0.335. The Labute approximate surface area is 68.8 Å². The van der Waals surface area contributed by atoms with Crippen molar-refractivity contribution in [1.82, 2.24) is 5.48 Å². The number of ether oxygens (including phenoxy) is 1. The first-order valence-corrected chi connectivity index (χ1v) is 3.09. The second-order valence-corrected chi connectivity index (χ2v) is 1.89. The molecule has 0 radical (unpaired) electrons. The SMILES string of the molecule is COC(=O)CC(=O)ONC(C)=O. The summed E-state index contributed by atoms with van der Waals surface area (Å²) in [6.07, 6.45) is -0.517. The van der Waals surface area contributed by atoms with Gasteiger partial charge in [-0.25, -0.2) is 4.79 Å². The number of hydrogen-bond acceptors (Lipinski definition) is 5. The molecule has 0 aromatic rings. The van der Waals surface area contributed by atoms with Crippen LogP contribution in [0.25, 0.3) is 0 Å². The molecule has 0 atom stereocenters. The number of carbonyl (C=O) groups is 3. The molecule has 0 bridgehead atoms. The van der Waals surface area contributed by atoms with Crippen LogP contribution in [0.1, 0.15) is 13.3 Å². The van der Waals surface area contributed by atoms with Gasteiger partial charge in [-0.3, -0.25) is 9.59 Å². The smallest absolute Gasteiger partial charge is 0.343 e. The predicted octanol–water partition coefficient (Wildman–Crippen LogP) is -0.856. The van der Waals surface area contributed by atoms with Crippen molar-refractivity contribution >= 4 is 17.8 Å². The number of hydrogen-bond donors (Lipinski definition) is 1. The molecular weight excluding hydrogens is 166 g/mol. The highest BCUT2D eigenvalue weighted by molar-refractivity contribution is 5.91. The molecule has 0 rings (SSSR count). The number of nitrogens with one attached hydrogen (secondary N) is 1. The standard InChI is InChI=1S/C6H9NO5/c1-4(8)7-12-6(10)3-5(9)11-2/h3H2,1-2H3,(H,7,8). The van der Waals surface area contributed by atoms with E-state index in [1.807, 2.05) is 0 Å². The fourth-order valence-corrected chi connectivity index (χ4v) is 0.355. The second-order valence-electron chi connectivity index (χ2n) is 1.89. The Bertz CT molecular complexity index is 200. The molecule has 0 unspecified atom stereocenters. The van der Waals surface area contributed by atoms with E-state index in [9.17, 15) is 14.4 Å². The van der Waals surface area contributed by atoms with Gasteiger partial charge in [0, 0.05) is 6.92 Å². The Kier molecular flexibility index (Phi) is 4.43. The lowest BCUT2D eigenvalue weighted by molar-refractivity contribution is -0.162. The van der Waals surface area contributed by atoms with Gasteiger partial charge in [-0.2, -0.15) is 5.48 Å². The zero-order valence-corrected chi connectivity index (χ0v) is 6.75. The van der Waals surface area contributed by atoms with Crippen LogP contribution in [-0.4, -0.2) is 25.0 Å². The number of carbonyl (C=O) groups excluding carboxylic acids is 3. The molecule has 0 aliphatic heterocycles. The fourth-order valence-electron chi connectivity index (χ4n) is 0.355. The van der Waals surface area contributed by atoms with E-state index in [1.165, 1.54) is 6.92 Å². The zero-order chi connectivity index (χ0) is 9.56. The molecule has 12 heavy (non-hydrogen) atoms. The number of rotatable bonds is 2. The van der Waals surface area contributed by atoms with Gasteiger partial charge in [-0.1, -0.05) is 0 Å². The summed E-state index contributed by atoms with van der Waals surface area (Å²) in [5, 5.41) is 0. The molecule has 6 nitrogen and oxygen atoms in total. The van der Waals surface area contributed by atoms with E-state index in [4.69, 9.17) is 0 Å². The van der Waals surface area contributed by atoms with Gasteiger partial charge in [0.25, 0.3) is 0 Å². The number of hydroxylamine groups is 1. The molecule has 0 heterocycles. The third kappa shape index (κ3) is 5.21. The first-order valence-electron chi connectivity index (χ1n) is 3.09. The lowest BCUT2D eigenvalue weighted by Crippen LogP contribution is -2.25. The second kappa shape index (κ2) is 5.11. The van der Waals surface area contributed by atoms with Crippen molar-refractivity contribution < 1.29 is 24.0 Å². The van der Waals surface area contributed by atoms with Crippen LogP contribution in [0.5, 0.6) is 0 Å². The average Bonchev–Trinajstić information content (AvgIpc) is 2.00. The van der Waals surface area contributed by atoms with E-state index in [1.54, 1.807) is 5.48 Å². The van der Waals surface area contributed by atoms with E-state index in [2.05, 4.69) is 9.57 Å². The summed E-state index contributed by atoms with van der Waals surface area (Å²) in [5.41, 5.74) is 1.78. The minimum Gasteiger partial charge on any atom is -0.469 e. The minimum absolute atomic E-state index is 0.517. The molecule has 0 aromatic carbocycles. The van der Waals surface area contributed by atoms with E-state index >= 15 is 0 Å². The van der Waals surface area contributed by atoms with E-state index in [-0.39, 0.29) is 0 Å². The maximum Gasteiger partial charge on any atom is 0.343 e. The monoisotopic (exact) mass is 175 g/mol. The largest absolute Gasteiger partial charge is 0.469 e. The maximum absolute atomic E-state index is 10.6. The first-order chi connectivity index (χ1) is 5.56. The van der Waals surface area contributed by atoms with Crippen LogP contribution in [0.4, 0.5) is 0 Å². The summed E-state index contributed by atoms with van der Waals surface area (Å²) >= 11 is 0. The highest BCUT2D eigenvalue weighted by Crippen LogP contribution is 1.86. The molecule has 0 aliphatic carbocycles. The van der Waals surface area contributed by atoms with Crippen molar-refractivity contribution in [3.05, 3.63) is 0 Å². The zero-order valence-electron chi connectivity index (χ0n) is 6.75. The van der Waals surface area contributed by atoms with Crippen molar-refractivity contribution in [2.75, 3.05) is 7.11 Å². The van der Waals surface area contributed by atoms with Gasteiger partial charge in [-0.15, -0.1) is 0 Å². The first kappa shape index (κ1) is 10.4. The minimum atomic E-state index is -0.864. The molecule has 6 heteroatoms. The molecule has 0 spiro atoms. The Balaban J connectivity index is 3.60. The van der Waals surface area contributed by atoms with Crippen LogP contribution < -0.4 is 5.48 Å². The van der Waals surface area contributed by atoms with Crippen LogP contribution in [0.3, 0.4) is 0 Å². The number of esters is 1. The fraction of sp³-hybridized carbons (Fsp3) is 0.500. The van der Waals surface area contributed by atoms with Crippen molar-refractivity contribution in [3.8, 4) is 0 Å². The third-order valence-electron chi connectivity index (χ3n) is 0.825. The van der Waals surface area contributed by atoms with Crippen LogP contribution in [0.15, 0.2) is 0 Å². The normalized spacial score (nSPS) is 8.50. The van der Waals surface area contributed by atoms with Crippen molar-refractivity contribution in [1.29, 1.82) is 0 Å². The molecule has 0 aliphatic rings. The van der Waals surface area contributed by atoms with Gasteiger partial charge < -0.3 is 9.57 Å². The molecule has 1 N–H and O–H groups in total. The van der Waals surface area contributed by atoms with Gasteiger partial charge in [0.15, 0.2) is 0 Å². The molecule has 0 saturated heterocycles. The lowest BCUT2D eigenvalue weighted by atomic mass is 10.4. The van der Waals surface area contributed by atoms with E-state index in [0.29, 0.717) is 0 Å². The topological polar surface area (TPSA) is 81.7 Å². The molecule has 1 amide bonds. The van der Waals surface area contributed by atoms with Gasteiger partial charge in [0.05, 0.1) is 7.11 Å². The Morgan fingerprint density at radius 1 is 1.25 bits per heavy atom. The maximum atomic E-state index is 10.6. The van der Waals surface area contributed by atoms with Crippen LogP contribution in [-0.2, 0) is 24.0 Å². The third-order valence-corrected chi connectivity index (χ3v) is 0.825. The van der Waals surface area contributed by atoms with E-state index in [0.717, 1.165) is 7.11 Å². The highest BCUT2D eigenvalue weighted by Gasteiger charge is 2.10. The molecule has 0 fully saturated rings. The number of amides is 1. The van der Waals surface area contributed by atoms with Crippen LogP contribution in [0.2, 0.25) is 0 Å². The Hall–Kier alpha value is -1.59. The molecule has 0 aromatic heterocycles. The summed E-state index contributed by atoms with van der Waals surface area (Å²) in [5.74, 6) is -2.10.